The Kier molecular flexibility index (Phi) is 4.33. The van der Waals surface area contributed by atoms with Crippen molar-refractivity contribution >= 4 is 17.2 Å². The molecule has 5 heteroatoms. The van der Waals surface area contributed by atoms with Gasteiger partial charge in [0.05, 0.1) is 24.2 Å². The lowest BCUT2D eigenvalue weighted by molar-refractivity contribution is 0.0281. The summed E-state index contributed by atoms with van der Waals surface area (Å²) in [5, 5.41) is 1.99. The zero-order valence-electron chi connectivity index (χ0n) is 12.8. The van der Waals surface area contributed by atoms with Crippen molar-refractivity contribution in [2.75, 3.05) is 33.4 Å². The summed E-state index contributed by atoms with van der Waals surface area (Å²) in [7, 11) is 1.72. The molecule has 0 aromatic carbocycles. The number of aryl methyl sites for hydroxylation is 1. The third-order valence-corrected chi connectivity index (χ3v) is 5.81. The number of methoxy groups -OCH3 is 1. The van der Waals surface area contributed by atoms with Crippen LogP contribution in [-0.4, -0.2) is 50.3 Å². The Balaban J connectivity index is 1.58. The van der Waals surface area contributed by atoms with Gasteiger partial charge >= 0.3 is 0 Å². The molecule has 0 bridgehead atoms. The molecule has 0 aliphatic carbocycles. The van der Waals surface area contributed by atoms with E-state index < -0.39 is 0 Å². The van der Waals surface area contributed by atoms with Crippen LogP contribution < -0.4 is 0 Å². The van der Waals surface area contributed by atoms with Crippen molar-refractivity contribution in [2.45, 2.75) is 32.3 Å². The van der Waals surface area contributed by atoms with Crippen LogP contribution in [0.5, 0.6) is 0 Å². The van der Waals surface area contributed by atoms with E-state index in [1.165, 1.54) is 0 Å². The molecule has 2 fully saturated rings. The number of likely N-dealkylation sites (tertiary alicyclic amines) is 1. The highest BCUT2D eigenvalue weighted by atomic mass is 32.1. The van der Waals surface area contributed by atoms with Crippen molar-refractivity contribution < 1.29 is 14.3 Å². The largest absolute Gasteiger partial charge is 0.382 e. The van der Waals surface area contributed by atoms with E-state index in [4.69, 9.17) is 9.47 Å². The number of rotatable bonds is 3. The molecule has 0 saturated carbocycles. The second kappa shape index (κ2) is 6.07. The fraction of sp³-hybridized carbons (Fsp3) is 0.688. The number of piperidine rings is 1. The summed E-state index contributed by atoms with van der Waals surface area (Å²) in [4.78, 5) is 15.4. The number of amides is 1. The lowest BCUT2D eigenvalue weighted by Gasteiger charge is -2.38. The molecule has 116 valence electrons. The van der Waals surface area contributed by atoms with E-state index in [9.17, 15) is 4.79 Å². The molecule has 1 unspecified atom stereocenters. The van der Waals surface area contributed by atoms with Crippen molar-refractivity contribution in [3.8, 4) is 0 Å². The van der Waals surface area contributed by atoms with Crippen molar-refractivity contribution in [3.63, 3.8) is 0 Å². The van der Waals surface area contributed by atoms with Crippen LogP contribution in [0, 0.1) is 12.3 Å². The molecular weight excluding hydrogens is 286 g/mol. The van der Waals surface area contributed by atoms with Crippen LogP contribution in [0.4, 0.5) is 0 Å². The molecule has 2 aliphatic rings. The van der Waals surface area contributed by atoms with Crippen molar-refractivity contribution in [1.29, 1.82) is 0 Å². The minimum atomic E-state index is 0.199. The maximum Gasteiger partial charge on any atom is 0.264 e. The van der Waals surface area contributed by atoms with Crippen LogP contribution in [0.1, 0.15) is 34.5 Å². The summed E-state index contributed by atoms with van der Waals surface area (Å²) in [5.74, 6) is 0.199. The third kappa shape index (κ3) is 3.00. The van der Waals surface area contributed by atoms with Gasteiger partial charge in [0.2, 0.25) is 0 Å². The zero-order chi connectivity index (χ0) is 14.9. The van der Waals surface area contributed by atoms with Crippen LogP contribution in [0.25, 0.3) is 0 Å². The Hall–Kier alpha value is -0.910. The number of carbonyl (C=O) groups excluding carboxylic acids is 1. The van der Waals surface area contributed by atoms with Crippen molar-refractivity contribution in [3.05, 3.63) is 21.9 Å². The van der Waals surface area contributed by atoms with Crippen molar-refractivity contribution in [2.24, 2.45) is 5.41 Å². The lowest BCUT2D eigenvalue weighted by Crippen LogP contribution is -2.43. The molecule has 2 aliphatic heterocycles. The molecule has 3 rings (SSSR count). The van der Waals surface area contributed by atoms with Crippen LogP contribution >= 0.6 is 11.3 Å². The average Bonchev–Trinajstić information content (AvgIpc) is 3.07. The first-order valence-corrected chi connectivity index (χ1v) is 8.45. The summed E-state index contributed by atoms with van der Waals surface area (Å²) < 4.78 is 11.0. The first kappa shape index (κ1) is 15.0. The van der Waals surface area contributed by atoms with Crippen LogP contribution in [0.15, 0.2) is 11.4 Å². The molecule has 1 spiro atoms. The van der Waals surface area contributed by atoms with Crippen LogP contribution in [0.2, 0.25) is 0 Å². The van der Waals surface area contributed by atoms with Gasteiger partial charge in [0, 0.05) is 20.2 Å². The summed E-state index contributed by atoms with van der Waals surface area (Å²) in [6, 6.07) is 2.02. The van der Waals surface area contributed by atoms with Gasteiger partial charge in [-0.2, -0.15) is 0 Å². The first-order valence-electron chi connectivity index (χ1n) is 7.57. The highest BCUT2D eigenvalue weighted by Crippen LogP contribution is 2.42. The molecule has 21 heavy (non-hydrogen) atoms. The van der Waals surface area contributed by atoms with E-state index in [0.717, 1.165) is 49.4 Å². The standard InChI is InChI=1S/C16H23NO3S/c1-12-3-8-21-14(12)15(18)17-6-4-16(5-7-17)9-13(10-19-2)20-11-16/h3,8,13H,4-7,9-11H2,1-2H3. The topological polar surface area (TPSA) is 38.8 Å². The molecular formula is C16H23NO3S. The van der Waals surface area contributed by atoms with E-state index in [-0.39, 0.29) is 17.4 Å². The van der Waals surface area contributed by atoms with E-state index in [2.05, 4.69) is 0 Å². The molecule has 0 radical (unpaired) electrons. The number of carbonyl (C=O) groups is 1. The maximum absolute atomic E-state index is 12.5. The smallest absolute Gasteiger partial charge is 0.264 e. The number of ether oxygens (including phenoxy) is 2. The van der Waals surface area contributed by atoms with Gasteiger partial charge in [0.1, 0.15) is 0 Å². The Morgan fingerprint density at radius 1 is 1.52 bits per heavy atom. The Labute approximate surface area is 130 Å². The molecule has 1 aromatic heterocycles. The quantitative estimate of drug-likeness (QED) is 0.862. The second-order valence-corrected chi connectivity index (χ2v) is 7.23. The molecule has 3 heterocycles. The minimum absolute atomic E-state index is 0.199. The summed E-state index contributed by atoms with van der Waals surface area (Å²) in [6.07, 6.45) is 3.39. The lowest BCUT2D eigenvalue weighted by atomic mass is 9.76. The molecule has 1 atom stereocenters. The molecule has 2 saturated heterocycles. The molecule has 1 amide bonds. The van der Waals surface area contributed by atoms with Crippen molar-refractivity contribution in [1.82, 2.24) is 4.90 Å². The predicted octanol–water partition coefficient (Wildman–Crippen LogP) is 2.71. The number of hydrogen-bond donors (Lipinski definition) is 0. The van der Waals surface area contributed by atoms with Gasteiger partial charge in [-0.25, -0.2) is 0 Å². The fourth-order valence-corrected chi connectivity index (χ4v) is 4.35. The Bertz CT molecular complexity index is 505. The SMILES string of the molecule is COCC1CC2(CCN(C(=O)c3sccc3C)CC2)CO1. The normalized spacial score (nSPS) is 24.7. The van der Waals surface area contributed by atoms with Crippen LogP contribution in [0.3, 0.4) is 0 Å². The van der Waals surface area contributed by atoms with Gasteiger partial charge in [-0.15, -0.1) is 11.3 Å². The number of nitrogens with zero attached hydrogens (tertiary/aromatic N) is 1. The summed E-state index contributed by atoms with van der Waals surface area (Å²) >= 11 is 1.55. The number of thiophene rings is 1. The van der Waals surface area contributed by atoms with E-state index in [1.54, 1.807) is 18.4 Å². The van der Waals surface area contributed by atoms with Gasteiger partial charge in [0.15, 0.2) is 0 Å². The van der Waals surface area contributed by atoms with Gasteiger partial charge < -0.3 is 14.4 Å². The van der Waals surface area contributed by atoms with Gasteiger partial charge in [-0.3, -0.25) is 4.79 Å². The van der Waals surface area contributed by atoms with Gasteiger partial charge in [-0.05, 0) is 48.6 Å². The molecule has 0 N–H and O–H groups in total. The number of hydrogen-bond acceptors (Lipinski definition) is 4. The highest BCUT2D eigenvalue weighted by Gasteiger charge is 2.43. The van der Waals surface area contributed by atoms with E-state index in [0.29, 0.717) is 6.61 Å². The van der Waals surface area contributed by atoms with E-state index >= 15 is 0 Å². The second-order valence-electron chi connectivity index (χ2n) is 6.32. The predicted molar refractivity (Wildman–Crippen MR) is 82.9 cm³/mol. The first-order chi connectivity index (χ1) is 10.1. The maximum atomic E-state index is 12.5. The van der Waals surface area contributed by atoms with Crippen LogP contribution in [-0.2, 0) is 9.47 Å². The Morgan fingerprint density at radius 2 is 2.29 bits per heavy atom. The summed E-state index contributed by atoms with van der Waals surface area (Å²) in [5.41, 5.74) is 1.36. The van der Waals surface area contributed by atoms with E-state index in [1.807, 2.05) is 23.3 Å². The zero-order valence-corrected chi connectivity index (χ0v) is 13.6. The monoisotopic (exact) mass is 309 g/mol. The molecule has 1 aromatic rings. The highest BCUT2D eigenvalue weighted by molar-refractivity contribution is 7.12. The third-order valence-electron chi connectivity index (χ3n) is 4.81. The van der Waals surface area contributed by atoms with Gasteiger partial charge in [-0.1, -0.05) is 0 Å². The molecule has 4 nitrogen and oxygen atoms in total. The van der Waals surface area contributed by atoms with Gasteiger partial charge in [0.25, 0.3) is 5.91 Å². The fourth-order valence-electron chi connectivity index (χ4n) is 3.46. The Morgan fingerprint density at radius 3 is 2.90 bits per heavy atom. The average molecular weight is 309 g/mol. The minimum Gasteiger partial charge on any atom is -0.382 e. The summed E-state index contributed by atoms with van der Waals surface area (Å²) in [6.45, 7) is 5.20.